The van der Waals surface area contributed by atoms with Crippen molar-refractivity contribution in [3.8, 4) is 0 Å². The molecular formula is C18H19NO. The van der Waals surface area contributed by atoms with E-state index in [2.05, 4.69) is 6.92 Å². The number of rotatable bonds is 4. The molecule has 3 rings (SSSR count). The van der Waals surface area contributed by atoms with Gasteiger partial charge in [0.1, 0.15) is 0 Å². The van der Waals surface area contributed by atoms with Crippen LogP contribution >= 0.6 is 0 Å². The van der Waals surface area contributed by atoms with Gasteiger partial charge in [0.15, 0.2) is 0 Å². The molecular weight excluding hydrogens is 246 g/mol. The highest BCUT2D eigenvalue weighted by molar-refractivity contribution is 6.06. The molecule has 1 amide bonds. The first kappa shape index (κ1) is 12.9. The number of carbonyl (C=O) groups excluding carboxylic acids is 1. The SMILES string of the molecule is CC(C1CC1)N(C(=O)c1ccccc1)c1ccccc1. The lowest BCUT2D eigenvalue weighted by molar-refractivity contribution is 0.0975. The summed E-state index contributed by atoms with van der Waals surface area (Å²) in [6.07, 6.45) is 2.46. The maximum Gasteiger partial charge on any atom is 0.258 e. The predicted molar refractivity (Wildman–Crippen MR) is 81.9 cm³/mol. The Morgan fingerprint density at radius 2 is 1.55 bits per heavy atom. The minimum Gasteiger partial charge on any atom is -0.305 e. The van der Waals surface area contributed by atoms with Gasteiger partial charge in [-0.15, -0.1) is 0 Å². The van der Waals surface area contributed by atoms with E-state index in [9.17, 15) is 4.79 Å². The van der Waals surface area contributed by atoms with Crippen molar-refractivity contribution in [3.63, 3.8) is 0 Å². The van der Waals surface area contributed by atoms with Crippen LogP contribution in [0.25, 0.3) is 0 Å². The van der Waals surface area contributed by atoms with Crippen LogP contribution in [0, 0.1) is 5.92 Å². The van der Waals surface area contributed by atoms with Crippen molar-refractivity contribution in [2.45, 2.75) is 25.8 Å². The van der Waals surface area contributed by atoms with Crippen LogP contribution in [0.3, 0.4) is 0 Å². The van der Waals surface area contributed by atoms with E-state index in [-0.39, 0.29) is 11.9 Å². The molecule has 102 valence electrons. The number of hydrogen-bond donors (Lipinski definition) is 0. The van der Waals surface area contributed by atoms with Crippen molar-refractivity contribution in [1.82, 2.24) is 0 Å². The highest BCUT2D eigenvalue weighted by Crippen LogP contribution is 2.37. The molecule has 1 unspecified atom stereocenters. The van der Waals surface area contributed by atoms with E-state index >= 15 is 0 Å². The van der Waals surface area contributed by atoms with E-state index < -0.39 is 0 Å². The molecule has 1 aliphatic carbocycles. The summed E-state index contributed by atoms with van der Waals surface area (Å²) in [5.41, 5.74) is 1.74. The van der Waals surface area contributed by atoms with Crippen LogP contribution in [0.4, 0.5) is 5.69 Å². The molecule has 0 N–H and O–H groups in total. The monoisotopic (exact) mass is 265 g/mol. The molecule has 1 saturated carbocycles. The van der Waals surface area contributed by atoms with E-state index in [1.807, 2.05) is 65.6 Å². The van der Waals surface area contributed by atoms with Crippen molar-refractivity contribution in [1.29, 1.82) is 0 Å². The van der Waals surface area contributed by atoms with Gasteiger partial charge in [-0.1, -0.05) is 36.4 Å². The molecule has 0 bridgehead atoms. The lowest BCUT2D eigenvalue weighted by Crippen LogP contribution is -2.40. The summed E-state index contributed by atoms with van der Waals surface area (Å²) in [5.74, 6) is 0.735. The van der Waals surface area contributed by atoms with E-state index in [1.54, 1.807) is 0 Å². The maximum absolute atomic E-state index is 12.8. The molecule has 20 heavy (non-hydrogen) atoms. The summed E-state index contributed by atoms with van der Waals surface area (Å²) < 4.78 is 0. The van der Waals surface area contributed by atoms with Gasteiger partial charge in [0, 0.05) is 17.3 Å². The predicted octanol–water partition coefficient (Wildman–Crippen LogP) is 4.13. The lowest BCUT2D eigenvalue weighted by Gasteiger charge is -2.29. The fourth-order valence-corrected chi connectivity index (χ4v) is 2.64. The van der Waals surface area contributed by atoms with Crippen molar-refractivity contribution in [2.24, 2.45) is 5.92 Å². The van der Waals surface area contributed by atoms with Crippen LogP contribution in [-0.4, -0.2) is 11.9 Å². The molecule has 1 atom stereocenters. The Kier molecular flexibility index (Phi) is 3.55. The van der Waals surface area contributed by atoms with E-state index in [4.69, 9.17) is 0 Å². The number of anilines is 1. The Morgan fingerprint density at radius 1 is 1.00 bits per heavy atom. The van der Waals surface area contributed by atoms with Crippen molar-refractivity contribution in [2.75, 3.05) is 4.90 Å². The third-order valence-corrected chi connectivity index (χ3v) is 3.99. The normalized spacial score (nSPS) is 15.7. The second-order valence-corrected chi connectivity index (χ2v) is 5.45. The first-order valence-electron chi connectivity index (χ1n) is 7.21. The fraction of sp³-hybridized carbons (Fsp3) is 0.278. The molecule has 0 radical (unpaired) electrons. The minimum atomic E-state index is 0.0937. The third kappa shape index (κ3) is 2.60. The zero-order valence-corrected chi connectivity index (χ0v) is 11.7. The van der Waals surface area contributed by atoms with Gasteiger partial charge in [0.2, 0.25) is 0 Å². The first-order valence-corrected chi connectivity index (χ1v) is 7.21. The average molecular weight is 265 g/mol. The number of carbonyl (C=O) groups is 1. The van der Waals surface area contributed by atoms with E-state index in [0.29, 0.717) is 5.92 Å². The first-order chi connectivity index (χ1) is 9.77. The average Bonchev–Trinajstić information content (AvgIpc) is 3.34. The topological polar surface area (TPSA) is 20.3 Å². The Hall–Kier alpha value is -2.09. The Balaban J connectivity index is 1.95. The quantitative estimate of drug-likeness (QED) is 0.814. The summed E-state index contributed by atoms with van der Waals surface area (Å²) in [4.78, 5) is 14.8. The number of nitrogens with zero attached hydrogens (tertiary/aromatic N) is 1. The van der Waals surface area contributed by atoms with Crippen LogP contribution < -0.4 is 4.90 Å². The largest absolute Gasteiger partial charge is 0.305 e. The maximum atomic E-state index is 12.8. The standard InChI is InChI=1S/C18H19NO/c1-14(15-12-13-15)19(17-10-6-3-7-11-17)18(20)16-8-4-2-5-9-16/h2-11,14-15H,12-13H2,1H3. The molecule has 0 spiro atoms. The smallest absolute Gasteiger partial charge is 0.258 e. The molecule has 1 aliphatic rings. The summed E-state index contributed by atoms with van der Waals surface area (Å²) in [5, 5.41) is 0. The fourth-order valence-electron chi connectivity index (χ4n) is 2.64. The molecule has 2 heteroatoms. The second kappa shape index (κ2) is 5.49. The van der Waals surface area contributed by atoms with Crippen LogP contribution in [0.1, 0.15) is 30.1 Å². The Morgan fingerprint density at radius 3 is 2.10 bits per heavy atom. The molecule has 0 saturated heterocycles. The van der Waals surface area contributed by atoms with E-state index in [1.165, 1.54) is 12.8 Å². The zero-order valence-electron chi connectivity index (χ0n) is 11.7. The molecule has 2 aromatic rings. The molecule has 2 nitrogen and oxygen atoms in total. The van der Waals surface area contributed by atoms with Gasteiger partial charge in [0.05, 0.1) is 0 Å². The van der Waals surface area contributed by atoms with E-state index in [0.717, 1.165) is 11.3 Å². The summed E-state index contributed by atoms with van der Waals surface area (Å²) in [6.45, 7) is 2.16. The van der Waals surface area contributed by atoms with Gasteiger partial charge in [0.25, 0.3) is 5.91 Å². The van der Waals surface area contributed by atoms with Crippen LogP contribution in [0.5, 0.6) is 0 Å². The van der Waals surface area contributed by atoms with Gasteiger partial charge >= 0.3 is 0 Å². The summed E-state index contributed by atoms with van der Waals surface area (Å²) in [7, 11) is 0. The molecule has 0 aliphatic heterocycles. The Bertz CT molecular complexity index is 575. The summed E-state index contributed by atoms with van der Waals surface area (Å²) in [6, 6.07) is 19.8. The van der Waals surface area contributed by atoms with Crippen molar-refractivity contribution >= 4 is 11.6 Å². The molecule has 0 heterocycles. The van der Waals surface area contributed by atoms with Crippen LogP contribution in [-0.2, 0) is 0 Å². The second-order valence-electron chi connectivity index (χ2n) is 5.45. The third-order valence-electron chi connectivity index (χ3n) is 3.99. The van der Waals surface area contributed by atoms with Gasteiger partial charge in [-0.05, 0) is 49.9 Å². The molecule has 1 fully saturated rings. The zero-order chi connectivity index (χ0) is 13.9. The summed E-state index contributed by atoms with van der Waals surface area (Å²) >= 11 is 0. The van der Waals surface area contributed by atoms with Crippen molar-refractivity contribution < 1.29 is 4.79 Å². The number of amides is 1. The number of para-hydroxylation sites is 1. The van der Waals surface area contributed by atoms with Crippen LogP contribution in [0.2, 0.25) is 0 Å². The van der Waals surface area contributed by atoms with Crippen molar-refractivity contribution in [3.05, 3.63) is 66.2 Å². The van der Waals surface area contributed by atoms with Gasteiger partial charge < -0.3 is 4.90 Å². The minimum absolute atomic E-state index is 0.0937. The number of benzene rings is 2. The van der Waals surface area contributed by atoms with Gasteiger partial charge in [-0.25, -0.2) is 0 Å². The highest BCUT2D eigenvalue weighted by Gasteiger charge is 2.35. The highest BCUT2D eigenvalue weighted by atomic mass is 16.2. The van der Waals surface area contributed by atoms with Gasteiger partial charge in [-0.3, -0.25) is 4.79 Å². The number of hydrogen-bond acceptors (Lipinski definition) is 1. The Labute approximate surface area is 120 Å². The molecule has 0 aromatic heterocycles. The van der Waals surface area contributed by atoms with Gasteiger partial charge in [-0.2, -0.15) is 0 Å². The lowest BCUT2D eigenvalue weighted by atomic mass is 10.1. The molecule has 2 aromatic carbocycles. The van der Waals surface area contributed by atoms with Crippen LogP contribution in [0.15, 0.2) is 60.7 Å².